The molecule has 1 aromatic heterocycles. The Hall–Kier alpha value is -2.63. The number of rotatable bonds is 2. The van der Waals surface area contributed by atoms with Gasteiger partial charge in [-0.15, -0.1) is 0 Å². The Morgan fingerprint density at radius 3 is 2.73 bits per heavy atom. The number of hydrogen-bond acceptors (Lipinski definition) is 3. The van der Waals surface area contributed by atoms with Crippen molar-refractivity contribution >= 4 is 22.8 Å². The first-order valence-corrected chi connectivity index (χ1v) is 7.15. The van der Waals surface area contributed by atoms with E-state index in [0.717, 1.165) is 0 Å². The molecule has 1 saturated heterocycles. The summed E-state index contributed by atoms with van der Waals surface area (Å²) in [5.41, 5.74) is 0.570. The van der Waals surface area contributed by atoms with Gasteiger partial charge >= 0.3 is 5.97 Å². The maximum atomic E-state index is 12.8. The maximum Gasteiger partial charge on any atom is 0.308 e. The number of carboxylic acid groups (broad SMARTS) is 1. The quantitative estimate of drug-likeness (QED) is 0.878. The van der Waals surface area contributed by atoms with Gasteiger partial charge in [0.1, 0.15) is 0 Å². The number of nitrogens with one attached hydrogen (secondary N) is 1. The molecule has 1 aromatic carbocycles. The summed E-state index contributed by atoms with van der Waals surface area (Å²) in [7, 11) is 0. The summed E-state index contributed by atoms with van der Waals surface area (Å²) in [6.45, 7) is 2.12. The van der Waals surface area contributed by atoms with Gasteiger partial charge in [0.15, 0.2) is 0 Å². The molecule has 22 heavy (non-hydrogen) atoms. The molecular weight excluding hydrogens is 284 g/mol. The van der Waals surface area contributed by atoms with Gasteiger partial charge in [-0.2, -0.15) is 0 Å². The van der Waals surface area contributed by atoms with Gasteiger partial charge in [-0.1, -0.05) is 18.2 Å². The smallest absolute Gasteiger partial charge is 0.308 e. The Kier molecular flexibility index (Phi) is 3.44. The highest BCUT2D eigenvalue weighted by Gasteiger charge is 2.38. The third kappa shape index (κ3) is 2.26. The van der Waals surface area contributed by atoms with Crippen LogP contribution in [0.5, 0.6) is 0 Å². The number of carbonyl (C=O) groups is 2. The average Bonchev–Trinajstić information content (AvgIpc) is 2.87. The minimum Gasteiger partial charge on any atom is -0.481 e. The van der Waals surface area contributed by atoms with Crippen LogP contribution in [-0.4, -0.2) is 39.5 Å². The Morgan fingerprint density at radius 1 is 1.32 bits per heavy atom. The molecule has 1 amide bonds. The summed E-state index contributed by atoms with van der Waals surface area (Å²) >= 11 is 0. The van der Waals surface area contributed by atoms with Gasteiger partial charge in [0.05, 0.1) is 11.5 Å². The van der Waals surface area contributed by atoms with Crippen LogP contribution in [0.1, 0.15) is 23.7 Å². The largest absolute Gasteiger partial charge is 0.481 e. The van der Waals surface area contributed by atoms with E-state index < -0.39 is 11.9 Å². The number of fused-ring (bicyclic) bond motifs is 1. The summed E-state index contributed by atoms with van der Waals surface area (Å²) < 4.78 is 0. The van der Waals surface area contributed by atoms with Crippen LogP contribution in [0.3, 0.4) is 0 Å². The van der Waals surface area contributed by atoms with Crippen LogP contribution < -0.4 is 5.56 Å². The van der Waals surface area contributed by atoms with Crippen molar-refractivity contribution in [1.29, 1.82) is 0 Å². The van der Waals surface area contributed by atoms with Gasteiger partial charge in [0.25, 0.3) is 5.91 Å². The zero-order valence-electron chi connectivity index (χ0n) is 12.1. The van der Waals surface area contributed by atoms with Crippen molar-refractivity contribution in [2.45, 2.75) is 19.4 Å². The number of hydrogen-bond donors (Lipinski definition) is 2. The topological polar surface area (TPSA) is 90.5 Å². The summed E-state index contributed by atoms with van der Waals surface area (Å²) in [6.07, 6.45) is 0.434. The van der Waals surface area contributed by atoms with Crippen molar-refractivity contribution in [3.63, 3.8) is 0 Å². The number of para-hydroxylation sites is 1. The lowest BCUT2D eigenvalue weighted by Gasteiger charge is -2.23. The Morgan fingerprint density at radius 2 is 2.05 bits per heavy atom. The molecule has 0 bridgehead atoms. The number of likely N-dealkylation sites (tertiary alicyclic amines) is 1. The first-order chi connectivity index (χ1) is 10.5. The summed E-state index contributed by atoms with van der Waals surface area (Å²) in [5, 5.41) is 9.84. The zero-order chi connectivity index (χ0) is 15.9. The van der Waals surface area contributed by atoms with E-state index in [9.17, 15) is 19.5 Å². The predicted molar refractivity (Wildman–Crippen MR) is 80.8 cm³/mol. The molecule has 1 aliphatic heterocycles. The van der Waals surface area contributed by atoms with E-state index in [1.807, 2.05) is 0 Å². The second-order valence-corrected chi connectivity index (χ2v) is 5.57. The molecule has 0 spiro atoms. The third-order valence-electron chi connectivity index (χ3n) is 4.31. The molecule has 2 heterocycles. The number of aliphatic carboxylic acids is 1. The van der Waals surface area contributed by atoms with Crippen LogP contribution in [0, 0.1) is 5.92 Å². The first kappa shape index (κ1) is 14.3. The zero-order valence-corrected chi connectivity index (χ0v) is 12.1. The molecule has 1 fully saturated rings. The van der Waals surface area contributed by atoms with Crippen LogP contribution in [0.2, 0.25) is 0 Å². The van der Waals surface area contributed by atoms with Crippen molar-refractivity contribution in [2.75, 3.05) is 6.54 Å². The van der Waals surface area contributed by atoms with Gasteiger partial charge in [0, 0.05) is 29.6 Å². The molecule has 2 atom stereocenters. The number of aromatic nitrogens is 1. The molecule has 0 saturated carbocycles. The Labute approximate surface area is 126 Å². The molecule has 3 rings (SSSR count). The molecule has 114 valence electrons. The average molecular weight is 300 g/mol. The fourth-order valence-electron chi connectivity index (χ4n) is 3.09. The molecule has 0 radical (unpaired) electrons. The van der Waals surface area contributed by atoms with Crippen LogP contribution >= 0.6 is 0 Å². The molecule has 1 aliphatic rings. The number of amides is 1. The monoisotopic (exact) mass is 300 g/mol. The second kappa shape index (κ2) is 5.29. The van der Waals surface area contributed by atoms with Crippen LogP contribution in [0.15, 0.2) is 35.1 Å². The molecule has 6 heteroatoms. The number of benzene rings is 1. The fourth-order valence-corrected chi connectivity index (χ4v) is 3.09. The fraction of sp³-hybridized carbons (Fsp3) is 0.312. The number of carboxylic acids is 1. The van der Waals surface area contributed by atoms with E-state index >= 15 is 0 Å². The Balaban J connectivity index is 2.03. The van der Waals surface area contributed by atoms with E-state index in [-0.39, 0.29) is 17.5 Å². The van der Waals surface area contributed by atoms with Crippen LogP contribution in [-0.2, 0) is 4.79 Å². The summed E-state index contributed by atoms with van der Waals surface area (Å²) in [4.78, 5) is 40.0. The van der Waals surface area contributed by atoms with Gasteiger partial charge in [-0.25, -0.2) is 0 Å². The third-order valence-corrected chi connectivity index (χ3v) is 4.31. The minimum absolute atomic E-state index is 0.293. The van der Waals surface area contributed by atoms with Gasteiger partial charge in [0.2, 0.25) is 5.56 Å². The number of pyridine rings is 1. The predicted octanol–water partition coefficient (Wildman–Crippen LogP) is 1.46. The highest BCUT2D eigenvalue weighted by atomic mass is 16.4. The molecule has 2 unspecified atom stereocenters. The minimum atomic E-state index is -0.890. The molecule has 0 aliphatic carbocycles. The van der Waals surface area contributed by atoms with E-state index in [2.05, 4.69) is 4.98 Å². The maximum absolute atomic E-state index is 12.8. The highest BCUT2D eigenvalue weighted by molar-refractivity contribution is 6.06. The number of nitrogens with zero attached hydrogens (tertiary/aromatic N) is 1. The van der Waals surface area contributed by atoms with E-state index in [1.54, 1.807) is 36.1 Å². The van der Waals surface area contributed by atoms with Crippen molar-refractivity contribution in [3.8, 4) is 0 Å². The standard InChI is InChI=1S/C16H16N2O4/c1-9-10(16(21)22)6-7-18(9)15(20)12-8-14(19)17-13-5-3-2-4-11(12)13/h2-5,8-10H,6-7H2,1H3,(H,17,19)(H,21,22). The van der Waals surface area contributed by atoms with E-state index in [1.165, 1.54) is 6.07 Å². The van der Waals surface area contributed by atoms with Crippen molar-refractivity contribution in [2.24, 2.45) is 5.92 Å². The van der Waals surface area contributed by atoms with E-state index in [0.29, 0.717) is 29.4 Å². The van der Waals surface area contributed by atoms with Crippen molar-refractivity contribution < 1.29 is 14.7 Å². The SMILES string of the molecule is CC1C(C(=O)O)CCN1C(=O)c1cc(=O)[nH]c2ccccc12. The lowest BCUT2D eigenvalue weighted by atomic mass is 10.0. The van der Waals surface area contributed by atoms with Crippen molar-refractivity contribution in [1.82, 2.24) is 9.88 Å². The summed E-state index contributed by atoms with van der Waals surface area (Å²) in [6, 6.07) is 7.99. The summed E-state index contributed by atoms with van der Waals surface area (Å²) in [5.74, 6) is -1.74. The lowest BCUT2D eigenvalue weighted by Crippen LogP contribution is -2.38. The second-order valence-electron chi connectivity index (χ2n) is 5.57. The van der Waals surface area contributed by atoms with Crippen LogP contribution in [0.25, 0.3) is 10.9 Å². The number of carbonyl (C=O) groups excluding carboxylic acids is 1. The van der Waals surface area contributed by atoms with Gasteiger partial charge < -0.3 is 15.0 Å². The van der Waals surface area contributed by atoms with Gasteiger partial charge in [-0.05, 0) is 19.4 Å². The van der Waals surface area contributed by atoms with Crippen LogP contribution in [0.4, 0.5) is 0 Å². The number of H-pyrrole nitrogens is 1. The van der Waals surface area contributed by atoms with Crippen molar-refractivity contribution in [3.05, 3.63) is 46.2 Å². The van der Waals surface area contributed by atoms with Gasteiger partial charge in [-0.3, -0.25) is 14.4 Å². The lowest BCUT2D eigenvalue weighted by molar-refractivity contribution is -0.142. The normalized spacial score (nSPS) is 21.2. The number of aromatic amines is 1. The Bertz CT molecular complexity index is 811. The molecule has 6 nitrogen and oxygen atoms in total. The van der Waals surface area contributed by atoms with E-state index in [4.69, 9.17) is 0 Å². The molecule has 2 N–H and O–H groups in total. The first-order valence-electron chi connectivity index (χ1n) is 7.15. The molecular formula is C16H16N2O4. The molecule has 2 aromatic rings. The highest BCUT2D eigenvalue weighted by Crippen LogP contribution is 2.27.